The van der Waals surface area contributed by atoms with E-state index in [0.29, 0.717) is 43.6 Å². The van der Waals surface area contributed by atoms with Gasteiger partial charge in [-0.2, -0.15) is 26.3 Å². The van der Waals surface area contributed by atoms with Crippen LogP contribution in [-0.4, -0.2) is 66.2 Å². The van der Waals surface area contributed by atoms with Crippen LogP contribution in [0.3, 0.4) is 0 Å². The number of alkyl halides is 6. The van der Waals surface area contributed by atoms with E-state index in [9.17, 15) is 50.2 Å². The highest BCUT2D eigenvalue weighted by Crippen LogP contribution is 2.54. The van der Waals surface area contributed by atoms with Gasteiger partial charge in [-0.25, -0.2) is 4.39 Å². The van der Waals surface area contributed by atoms with Crippen molar-refractivity contribution < 1.29 is 55.0 Å². The predicted octanol–water partition coefficient (Wildman–Crippen LogP) is 5.73. The van der Waals surface area contributed by atoms with Gasteiger partial charge in [0.05, 0.1) is 30.3 Å². The molecule has 1 aliphatic heterocycles. The molecule has 1 saturated heterocycles. The molecule has 48 heavy (non-hydrogen) atoms. The Labute approximate surface area is 270 Å². The predicted molar refractivity (Wildman–Crippen MR) is 159 cm³/mol. The lowest BCUT2D eigenvalue weighted by Crippen LogP contribution is -2.48. The minimum atomic E-state index is -5.07. The van der Waals surface area contributed by atoms with E-state index in [-0.39, 0.29) is 41.7 Å². The molecule has 4 atom stereocenters. The van der Waals surface area contributed by atoms with Crippen LogP contribution < -0.4 is 15.4 Å². The highest BCUT2D eigenvalue weighted by Gasteiger charge is 2.55. The third-order valence-corrected chi connectivity index (χ3v) is 9.03. The minimum absolute atomic E-state index is 0.0372. The van der Waals surface area contributed by atoms with Gasteiger partial charge in [0.1, 0.15) is 11.6 Å². The quantitative estimate of drug-likeness (QED) is 0.196. The van der Waals surface area contributed by atoms with E-state index < -0.39 is 71.1 Å². The molecule has 3 fully saturated rings. The topological polar surface area (TPSA) is 108 Å². The first-order valence-electron chi connectivity index (χ1n) is 15.2. The van der Waals surface area contributed by atoms with Crippen molar-refractivity contribution in [2.45, 2.75) is 50.2 Å². The number of benzene rings is 2. The van der Waals surface area contributed by atoms with E-state index in [0.717, 1.165) is 6.07 Å². The molecule has 2 aliphatic carbocycles. The highest BCUT2D eigenvalue weighted by molar-refractivity contribution is 6.00. The summed E-state index contributed by atoms with van der Waals surface area (Å²) in [6, 6.07) is 5.09. The lowest BCUT2D eigenvalue weighted by atomic mass is 9.83. The minimum Gasteiger partial charge on any atom is -0.496 e. The fraction of sp³-hybridized carbons (Fsp3) is 0.424. The zero-order valence-corrected chi connectivity index (χ0v) is 25.5. The fourth-order valence-electron chi connectivity index (χ4n) is 6.82. The Morgan fingerprint density at radius 1 is 0.958 bits per heavy atom. The highest BCUT2D eigenvalue weighted by atomic mass is 19.4. The standard InChI is InChI=1S/C33H32F7N3O5/c1-48-26-8-2-17(3-9-27(45)43-12-10-19(44)11-13-43)14-22(26)30(46)42-29-21-6-5-20(23(21)16-32(35,36)37)28(29)31(47)41-18-4-7-25(34)24(15-18)33(38,39)40/h2-4,7-9,14-16,19-21,28-29,44H,5-6,10-13H2,1H3,(H,41,47)(H,42,46)/b9-3+,23-16?/t20-,21+,28-,29+/m0/s1. The number of nitrogens with one attached hydrogen (secondary N) is 2. The lowest BCUT2D eigenvalue weighted by molar-refractivity contribution is -0.140. The Morgan fingerprint density at radius 2 is 1.65 bits per heavy atom. The Bertz CT molecular complexity index is 1630. The molecule has 2 saturated carbocycles. The number of rotatable bonds is 7. The molecule has 8 nitrogen and oxygen atoms in total. The van der Waals surface area contributed by atoms with E-state index in [1.807, 2.05) is 0 Å². The second-order valence-corrected chi connectivity index (χ2v) is 12.0. The summed E-state index contributed by atoms with van der Waals surface area (Å²) in [7, 11) is 1.30. The van der Waals surface area contributed by atoms with E-state index in [1.165, 1.54) is 31.4 Å². The molecule has 0 aromatic heterocycles. The maximum Gasteiger partial charge on any atom is 0.419 e. The van der Waals surface area contributed by atoms with Crippen LogP contribution in [0.4, 0.5) is 36.4 Å². The van der Waals surface area contributed by atoms with Crippen molar-refractivity contribution in [2.24, 2.45) is 17.8 Å². The van der Waals surface area contributed by atoms with Crippen molar-refractivity contribution >= 4 is 29.5 Å². The number of carbonyl (C=O) groups excluding carboxylic acids is 3. The summed E-state index contributed by atoms with van der Waals surface area (Å²) in [4.78, 5) is 41.4. The number of likely N-dealkylation sites (tertiary alicyclic amines) is 1. The number of aliphatic hydroxyl groups excluding tert-OH is 1. The number of allylic oxidation sites excluding steroid dienone is 1. The second kappa shape index (κ2) is 13.6. The van der Waals surface area contributed by atoms with Gasteiger partial charge in [0.25, 0.3) is 5.91 Å². The molecule has 2 aromatic carbocycles. The van der Waals surface area contributed by atoms with E-state index >= 15 is 0 Å². The van der Waals surface area contributed by atoms with E-state index in [2.05, 4.69) is 10.6 Å². The molecule has 3 N–H and O–H groups in total. The summed E-state index contributed by atoms with van der Waals surface area (Å²) in [5.74, 6) is -6.66. The van der Waals surface area contributed by atoms with Crippen molar-refractivity contribution in [3.05, 3.63) is 76.6 Å². The summed E-state index contributed by atoms with van der Waals surface area (Å²) in [6.45, 7) is 0.767. The molecule has 0 spiro atoms. The van der Waals surface area contributed by atoms with E-state index in [1.54, 1.807) is 11.0 Å². The average Bonchev–Trinajstić information content (AvgIpc) is 3.53. The number of ether oxygens (including phenoxy) is 1. The van der Waals surface area contributed by atoms with Gasteiger partial charge >= 0.3 is 12.4 Å². The molecule has 5 rings (SSSR count). The summed E-state index contributed by atoms with van der Waals surface area (Å²) >= 11 is 0. The smallest absolute Gasteiger partial charge is 0.419 e. The van der Waals surface area contributed by atoms with Gasteiger partial charge in [0, 0.05) is 42.9 Å². The third-order valence-electron chi connectivity index (χ3n) is 9.03. The van der Waals surface area contributed by atoms with Gasteiger partial charge in [-0.15, -0.1) is 0 Å². The number of anilines is 1. The lowest BCUT2D eigenvalue weighted by Gasteiger charge is -2.30. The fourth-order valence-corrected chi connectivity index (χ4v) is 6.82. The van der Waals surface area contributed by atoms with Crippen LogP contribution in [0, 0.1) is 23.6 Å². The summed E-state index contributed by atoms with van der Waals surface area (Å²) in [5, 5.41) is 14.6. The van der Waals surface area contributed by atoms with Crippen LogP contribution in [-0.2, 0) is 15.8 Å². The van der Waals surface area contributed by atoms with Crippen LogP contribution >= 0.6 is 0 Å². The number of halogens is 7. The number of piperidine rings is 1. The zero-order chi connectivity index (χ0) is 35.0. The van der Waals surface area contributed by atoms with Crippen LogP contribution in [0.1, 0.15) is 47.2 Å². The number of fused-ring (bicyclic) bond motifs is 2. The van der Waals surface area contributed by atoms with Crippen molar-refractivity contribution in [1.82, 2.24) is 10.2 Å². The zero-order valence-electron chi connectivity index (χ0n) is 25.5. The molecule has 2 bridgehead atoms. The number of nitrogens with zero attached hydrogens (tertiary/aromatic N) is 1. The number of amides is 3. The molecule has 0 radical (unpaired) electrons. The Kier molecular flexibility index (Phi) is 9.90. The summed E-state index contributed by atoms with van der Waals surface area (Å²) in [5.41, 5.74) is -1.77. The van der Waals surface area contributed by atoms with Crippen molar-refractivity contribution in [2.75, 3.05) is 25.5 Å². The Balaban J connectivity index is 1.41. The first-order chi connectivity index (χ1) is 22.6. The van der Waals surface area contributed by atoms with Crippen LogP contribution in [0.5, 0.6) is 5.75 Å². The largest absolute Gasteiger partial charge is 0.496 e. The number of hydrogen-bond acceptors (Lipinski definition) is 5. The van der Waals surface area contributed by atoms with Gasteiger partial charge < -0.3 is 25.4 Å². The molecule has 1 heterocycles. The first kappa shape index (κ1) is 34.9. The van der Waals surface area contributed by atoms with Crippen LogP contribution in [0.25, 0.3) is 6.08 Å². The molecule has 3 aliphatic rings. The molecule has 258 valence electrons. The van der Waals surface area contributed by atoms with Gasteiger partial charge in [0.15, 0.2) is 0 Å². The van der Waals surface area contributed by atoms with Gasteiger partial charge in [-0.05, 0) is 73.6 Å². The Hall–Kier alpha value is -4.40. The molecule has 2 aromatic rings. The van der Waals surface area contributed by atoms with Crippen LogP contribution in [0.15, 0.2) is 54.1 Å². The molecule has 15 heteroatoms. The van der Waals surface area contributed by atoms with Gasteiger partial charge in [-0.1, -0.05) is 11.6 Å². The van der Waals surface area contributed by atoms with Crippen molar-refractivity contribution in [3.63, 3.8) is 0 Å². The monoisotopic (exact) mass is 683 g/mol. The van der Waals surface area contributed by atoms with Gasteiger partial charge in [-0.3, -0.25) is 14.4 Å². The maximum absolute atomic E-state index is 13.8. The molecular formula is C33H32F7N3O5. The normalized spacial score (nSPS) is 23.9. The van der Waals surface area contributed by atoms with Crippen molar-refractivity contribution in [1.29, 1.82) is 0 Å². The van der Waals surface area contributed by atoms with Crippen molar-refractivity contribution in [3.8, 4) is 5.75 Å². The second-order valence-electron chi connectivity index (χ2n) is 12.0. The van der Waals surface area contributed by atoms with Crippen LogP contribution in [0.2, 0.25) is 0 Å². The average molecular weight is 684 g/mol. The number of aliphatic hydroxyl groups is 1. The Morgan fingerprint density at radius 3 is 2.29 bits per heavy atom. The molecular weight excluding hydrogens is 651 g/mol. The van der Waals surface area contributed by atoms with E-state index in [4.69, 9.17) is 4.74 Å². The number of hydrogen-bond donors (Lipinski definition) is 3. The number of methoxy groups -OCH3 is 1. The molecule has 3 amide bonds. The third kappa shape index (κ3) is 7.66. The van der Waals surface area contributed by atoms with Gasteiger partial charge in [0.2, 0.25) is 11.8 Å². The SMILES string of the molecule is COc1ccc(/C=C/C(=O)N2CCC(O)CC2)cc1C(=O)N[C@H]1[C@@H](C(=O)Nc2ccc(F)c(C(F)(F)F)c2)[C@H]2CC[C@@H]1C2=CC(F)(F)F. The maximum atomic E-state index is 13.8. The first-order valence-corrected chi connectivity index (χ1v) is 15.2. The summed E-state index contributed by atoms with van der Waals surface area (Å²) < 4.78 is 99.7. The molecule has 0 unspecified atom stereocenters. The summed E-state index contributed by atoms with van der Waals surface area (Å²) in [6.07, 6.45) is -6.09. The number of carbonyl (C=O) groups is 3.